The van der Waals surface area contributed by atoms with Crippen molar-refractivity contribution < 1.29 is 22.7 Å². The summed E-state index contributed by atoms with van der Waals surface area (Å²) in [4.78, 5) is 12.1. The van der Waals surface area contributed by atoms with E-state index in [1.807, 2.05) is 26.0 Å². The number of carbonyl (C=O) groups excluding carboxylic acids is 1. The van der Waals surface area contributed by atoms with Crippen LogP contribution in [0.2, 0.25) is 0 Å². The lowest BCUT2D eigenvalue weighted by atomic mass is 10.1. The first-order valence-corrected chi connectivity index (χ1v) is 11.0. The van der Waals surface area contributed by atoms with Crippen LogP contribution >= 0.6 is 0 Å². The van der Waals surface area contributed by atoms with Crippen molar-refractivity contribution in [2.45, 2.75) is 31.6 Å². The number of aryl methyl sites for hydroxylation is 2. The van der Waals surface area contributed by atoms with Gasteiger partial charge in [-0.2, -0.15) is 0 Å². The summed E-state index contributed by atoms with van der Waals surface area (Å²) in [6.07, 6.45) is 2.08. The second-order valence-electron chi connectivity index (χ2n) is 6.72. The monoisotopic (exact) mass is 405 g/mol. The van der Waals surface area contributed by atoms with E-state index in [0.717, 1.165) is 23.1 Å². The van der Waals surface area contributed by atoms with Gasteiger partial charge in [0.2, 0.25) is 5.91 Å². The maximum atomic E-state index is 11.8. The molecule has 0 heterocycles. The van der Waals surface area contributed by atoms with Crippen LogP contribution in [0.25, 0.3) is 0 Å². The van der Waals surface area contributed by atoms with Crippen molar-refractivity contribution in [1.82, 2.24) is 5.32 Å². The van der Waals surface area contributed by atoms with Crippen LogP contribution in [0, 0.1) is 13.8 Å². The topological polar surface area (TPSA) is 81.7 Å². The number of rotatable bonds is 10. The Labute approximate surface area is 166 Å². The Hall–Kier alpha value is -2.54. The molecule has 2 aromatic carbocycles. The summed E-state index contributed by atoms with van der Waals surface area (Å²) < 4.78 is 34.0. The van der Waals surface area contributed by atoms with Crippen LogP contribution in [0.4, 0.5) is 0 Å². The van der Waals surface area contributed by atoms with Crippen molar-refractivity contribution in [2.24, 2.45) is 0 Å². The molecule has 6 nitrogen and oxygen atoms in total. The zero-order valence-corrected chi connectivity index (χ0v) is 17.3. The number of amides is 1. The van der Waals surface area contributed by atoms with Gasteiger partial charge >= 0.3 is 0 Å². The Morgan fingerprint density at radius 3 is 2.14 bits per heavy atom. The summed E-state index contributed by atoms with van der Waals surface area (Å²) in [7, 11) is -3.21. The number of carbonyl (C=O) groups is 1. The van der Waals surface area contributed by atoms with Crippen molar-refractivity contribution in [3.63, 3.8) is 0 Å². The molecule has 1 amide bonds. The fourth-order valence-corrected chi connectivity index (χ4v) is 3.30. The molecule has 0 fully saturated rings. The Morgan fingerprint density at radius 1 is 0.929 bits per heavy atom. The standard InChI is InChI=1S/C21H27NO5S/c1-16-13-17(2)15-19(14-16)27-12-10-22-21(23)5-4-11-26-18-6-8-20(9-7-18)28(3,24)25/h6-9,13-15H,4-5,10-12H2,1-3H3,(H,22,23). The van der Waals surface area contributed by atoms with Gasteiger partial charge in [0.25, 0.3) is 0 Å². The molecule has 28 heavy (non-hydrogen) atoms. The van der Waals surface area contributed by atoms with Crippen molar-refractivity contribution in [2.75, 3.05) is 26.0 Å². The predicted octanol–water partition coefficient (Wildman–Crippen LogP) is 3.06. The molecule has 0 aliphatic carbocycles. The van der Waals surface area contributed by atoms with Gasteiger partial charge in [-0.1, -0.05) is 6.07 Å². The Morgan fingerprint density at radius 2 is 1.54 bits per heavy atom. The minimum atomic E-state index is -3.21. The SMILES string of the molecule is Cc1cc(C)cc(OCCNC(=O)CCCOc2ccc(S(C)(=O)=O)cc2)c1. The van der Waals surface area contributed by atoms with Gasteiger partial charge in [-0.25, -0.2) is 8.42 Å². The minimum absolute atomic E-state index is 0.0555. The average Bonchev–Trinajstić information content (AvgIpc) is 2.61. The fraction of sp³-hybridized carbons (Fsp3) is 0.381. The van der Waals surface area contributed by atoms with Gasteiger partial charge in [0, 0.05) is 12.7 Å². The quantitative estimate of drug-likeness (QED) is 0.615. The van der Waals surface area contributed by atoms with Crippen molar-refractivity contribution in [3.8, 4) is 11.5 Å². The number of hydrogen-bond donors (Lipinski definition) is 1. The van der Waals surface area contributed by atoms with E-state index >= 15 is 0 Å². The Kier molecular flexibility index (Phi) is 7.87. The Balaban J connectivity index is 1.60. The number of ether oxygens (including phenoxy) is 2. The van der Waals surface area contributed by atoms with E-state index in [4.69, 9.17) is 9.47 Å². The molecule has 1 N–H and O–H groups in total. The third kappa shape index (κ3) is 7.60. The maximum Gasteiger partial charge on any atom is 0.220 e. The molecule has 2 aromatic rings. The number of benzene rings is 2. The lowest BCUT2D eigenvalue weighted by molar-refractivity contribution is -0.121. The third-order valence-electron chi connectivity index (χ3n) is 3.96. The summed E-state index contributed by atoms with van der Waals surface area (Å²) in [5, 5.41) is 2.82. The number of hydrogen-bond acceptors (Lipinski definition) is 5. The van der Waals surface area contributed by atoms with Crippen LogP contribution in [0.1, 0.15) is 24.0 Å². The van der Waals surface area contributed by atoms with Crippen LogP contribution in [-0.2, 0) is 14.6 Å². The zero-order valence-electron chi connectivity index (χ0n) is 16.5. The molecule has 7 heteroatoms. The summed E-state index contributed by atoms with van der Waals surface area (Å²) in [6, 6.07) is 12.3. The van der Waals surface area contributed by atoms with Crippen LogP contribution in [0.3, 0.4) is 0 Å². The van der Waals surface area contributed by atoms with Crippen LogP contribution < -0.4 is 14.8 Å². The van der Waals surface area contributed by atoms with Crippen LogP contribution in [0.15, 0.2) is 47.4 Å². The lowest BCUT2D eigenvalue weighted by Gasteiger charge is -2.10. The number of sulfone groups is 1. The van der Waals surface area contributed by atoms with Crippen LogP contribution in [-0.4, -0.2) is 40.3 Å². The van der Waals surface area contributed by atoms with Crippen molar-refractivity contribution in [1.29, 1.82) is 0 Å². The summed E-state index contributed by atoms with van der Waals surface area (Å²) in [5.74, 6) is 1.33. The summed E-state index contributed by atoms with van der Waals surface area (Å²) in [6.45, 7) is 5.27. The normalized spacial score (nSPS) is 11.1. The highest BCUT2D eigenvalue weighted by Crippen LogP contribution is 2.17. The maximum absolute atomic E-state index is 11.8. The third-order valence-corrected chi connectivity index (χ3v) is 5.09. The lowest BCUT2D eigenvalue weighted by Crippen LogP contribution is -2.28. The number of nitrogens with one attached hydrogen (secondary N) is 1. The van der Waals surface area contributed by atoms with Gasteiger partial charge in [-0.3, -0.25) is 4.79 Å². The van der Waals surface area contributed by atoms with Gasteiger partial charge in [-0.15, -0.1) is 0 Å². The zero-order chi connectivity index (χ0) is 20.6. The van der Waals surface area contributed by atoms with Crippen molar-refractivity contribution >= 4 is 15.7 Å². The van der Waals surface area contributed by atoms with E-state index in [1.165, 1.54) is 12.1 Å². The van der Waals surface area contributed by atoms with Gasteiger partial charge in [0.15, 0.2) is 9.84 Å². The molecule has 0 saturated heterocycles. The molecule has 0 bridgehead atoms. The van der Waals surface area contributed by atoms with Gasteiger partial charge in [0.1, 0.15) is 18.1 Å². The highest BCUT2D eigenvalue weighted by atomic mass is 32.2. The predicted molar refractivity (Wildman–Crippen MR) is 109 cm³/mol. The van der Waals surface area contributed by atoms with Gasteiger partial charge in [0.05, 0.1) is 18.0 Å². The van der Waals surface area contributed by atoms with Crippen LogP contribution in [0.5, 0.6) is 11.5 Å². The summed E-state index contributed by atoms with van der Waals surface area (Å²) in [5.41, 5.74) is 2.29. The van der Waals surface area contributed by atoms with E-state index in [0.29, 0.717) is 38.3 Å². The fourth-order valence-electron chi connectivity index (χ4n) is 2.67. The van der Waals surface area contributed by atoms with Gasteiger partial charge in [-0.05, 0) is 67.8 Å². The molecule has 0 saturated carbocycles. The molecule has 0 aliphatic heterocycles. The molecular weight excluding hydrogens is 378 g/mol. The average molecular weight is 406 g/mol. The Bertz CT molecular complexity index is 871. The van der Waals surface area contributed by atoms with E-state index < -0.39 is 9.84 Å². The molecular formula is C21H27NO5S. The van der Waals surface area contributed by atoms with E-state index in [-0.39, 0.29) is 10.8 Å². The van der Waals surface area contributed by atoms with Gasteiger partial charge < -0.3 is 14.8 Å². The molecule has 2 rings (SSSR count). The summed E-state index contributed by atoms with van der Waals surface area (Å²) >= 11 is 0. The van der Waals surface area contributed by atoms with E-state index in [1.54, 1.807) is 12.1 Å². The first kappa shape index (κ1) is 21.8. The minimum Gasteiger partial charge on any atom is -0.494 e. The first-order chi connectivity index (χ1) is 13.2. The van der Waals surface area contributed by atoms with Crippen molar-refractivity contribution in [3.05, 3.63) is 53.6 Å². The second kappa shape index (κ2) is 10.1. The highest BCUT2D eigenvalue weighted by Gasteiger charge is 2.07. The molecule has 0 aliphatic rings. The second-order valence-corrected chi connectivity index (χ2v) is 8.73. The molecule has 0 spiro atoms. The smallest absolute Gasteiger partial charge is 0.220 e. The first-order valence-electron chi connectivity index (χ1n) is 9.15. The molecule has 152 valence electrons. The van der Waals surface area contributed by atoms with E-state index in [9.17, 15) is 13.2 Å². The molecule has 0 atom stereocenters. The molecule has 0 unspecified atom stereocenters. The highest BCUT2D eigenvalue weighted by molar-refractivity contribution is 7.90. The molecule has 0 radical (unpaired) electrons. The largest absolute Gasteiger partial charge is 0.494 e. The van der Waals surface area contributed by atoms with E-state index in [2.05, 4.69) is 11.4 Å². The molecule has 0 aromatic heterocycles.